The fourth-order valence-corrected chi connectivity index (χ4v) is 4.24. The van der Waals surface area contributed by atoms with Crippen molar-refractivity contribution in [3.05, 3.63) is 64.3 Å². The molecule has 6 nitrogen and oxygen atoms in total. The summed E-state index contributed by atoms with van der Waals surface area (Å²) in [5.74, 6) is 0.764. The number of aromatic amines is 1. The third-order valence-electron chi connectivity index (χ3n) is 5.51. The van der Waals surface area contributed by atoms with Crippen LogP contribution >= 0.6 is 11.6 Å². The van der Waals surface area contributed by atoms with Gasteiger partial charge >= 0.3 is 6.09 Å². The van der Waals surface area contributed by atoms with Gasteiger partial charge in [0.2, 0.25) is 0 Å². The number of aromatic nitrogens is 1. The minimum atomic E-state index is -0.297. The lowest BCUT2D eigenvalue weighted by molar-refractivity contribution is 0.0889. The number of H-pyrrole nitrogens is 1. The average molecular weight is 443 g/mol. The molecule has 7 heteroatoms. The molecule has 0 saturated heterocycles. The van der Waals surface area contributed by atoms with Crippen LogP contribution in [0.2, 0.25) is 5.02 Å². The summed E-state index contributed by atoms with van der Waals surface area (Å²) in [4.78, 5) is 18.2. The van der Waals surface area contributed by atoms with Gasteiger partial charge < -0.3 is 19.2 Å². The number of nitrogens with zero attached hydrogens (tertiary/aromatic N) is 1. The quantitative estimate of drug-likeness (QED) is 0.501. The standard InChI is InChI=1S/C24H27ClN2O4/c1-3-12-31-24(28)27-11-10-19-20-15-17(25)6-9-21(20)26-22(19)23(27)16-4-7-18(8-5-16)30-14-13-29-2/h4-9,15,23,26H,3,10-14H2,1-2H3. The third-order valence-corrected chi connectivity index (χ3v) is 5.74. The molecular weight excluding hydrogens is 416 g/mol. The zero-order chi connectivity index (χ0) is 21.8. The van der Waals surface area contributed by atoms with Crippen LogP contribution in [0.5, 0.6) is 5.75 Å². The van der Waals surface area contributed by atoms with Crippen molar-refractivity contribution in [3.8, 4) is 5.75 Å². The van der Waals surface area contributed by atoms with Gasteiger partial charge in [-0.25, -0.2) is 4.79 Å². The molecule has 1 aliphatic heterocycles. The van der Waals surface area contributed by atoms with Gasteiger partial charge in [0.15, 0.2) is 0 Å². The van der Waals surface area contributed by atoms with E-state index in [2.05, 4.69) is 4.98 Å². The Labute approximate surface area is 187 Å². The Morgan fingerprint density at radius 1 is 1.16 bits per heavy atom. The lowest BCUT2D eigenvalue weighted by Crippen LogP contribution is -2.41. The maximum absolute atomic E-state index is 12.9. The first-order valence-corrected chi connectivity index (χ1v) is 10.9. The SMILES string of the molecule is CCCOC(=O)N1CCc2c([nH]c3ccc(Cl)cc23)C1c1ccc(OCCOC)cc1. The molecule has 0 saturated carbocycles. The number of hydrogen-bond acceptors (Lipinski definition) is 4. The van der Waals surface area contributed by atoms with E-state index in [9.17, 15) is 4.79 Å². The van der Waals surface area contributed by atoms with Crippen molar-refractivity contribution in [2.24, 2.45) is 0 Å². The summed E-state index contributed by atoms with van der Waals surface area (Å²) in [6.07, 6.45) is 1.23. The summed E-state index contributed by atoms with van der Waals surface area (Å²) in [5.41, 5.74) is 4.21. The average Bonchev–Trinajstić information content (AvgIpc) is 3.15. The Kier molecular flexibility index (Phi) is 6.68. The molecule has 1 N–H and O–H groups in total. The van der Waals surface area contributed by atoms with Gasteiger partial charge in [0.25, 0.3) is 0 Å². The lowest BCUT2D eigenvalue weighted by Gasteiger charge is -2.35. The van der Waals surface area contributed by atoms with Crippen molar-refractivity contribution in [3.63, 3.8) is 0 Å². The normalized spacial score (nSPS) is 15.7. The second-order valence-corrected chi connectivity index (χ2v) is 8.01. The topological polar surface area (TPSA) is 63.8 Å². The van der Waals surface area contributed by atoms with Crippen LogP contribution in [-0.4, -0.2) is 49.5 Å². The lowest BCUT2D eigenvalue weighted by atomic mass is 9.92. The van der Waals surface area contributed by atoms with Crippen LogP contribution < -0.4 is 4.74 Å². The summed E-state index contributed by atoms with van der Waals surface area (Å²) in [6.45, 7) is 3.99. The molecule has 31 heavy (non-hydrogen) atoms. The zero-order valence-corrected chi connectivity index (χ0v) is 18.6. The van der Waals surface area contributed by atoms with E-state index in [0.29, 0.717) is 31.4 Å². The summed E-state index contributed by atoms with van der Waals surface area (Å²) in [5, 5.41) is 1.81. The number of methoxy groups -OCH3 is 1. The van der Waals surface area contributed by atoms with Gasteiger partial charge in [-0.15, -0.1) is 0 Å². The number of ether oxygens (including phenoxy) is 3. The van der Waals surface area contributed by atoms with E-state index < -0.39 is 0 Å². The van der Waals surface area contributed by atoms with Crippen molar-refractivity contribution in [1.82, 2.24) is 9.88 Å². The van der Waals surface area contributed by atoms with Gasteiger partial charge in [0, 0.05) is 35.3 Å². The van der Waals surface area contributed by atoms with Gasteiger partial charge in [0.1, 0.15) is 18.4 Å². The fraction of sp³-hybridized carbons (Fsp3) is 0.375. The minimum absolute atomic E-state index is 0.271. The highest BCUT2D eigenvalue weighted by molar-refractivity contribution is 6.31. The number of hydrogen-bond donors (Lipinski definition) is 1. The molecule has 3 aromatic rings. The Morgan fingerprint density at radius 3 is 2.71 bits per heavy atom. The predicted molar refractivity (Wildman–Crippen MR) is 121 cm³/mol. The molecule has 2 heterocycles. The third kappa shape index (κ3) is 4.50. The highest BCUT2D eigenvalue weighted by atomic mass is 35.5. The second kappa shape index (κ2) is 9.62. The van der Waals surface area contributed by atoms with E-state index in [1.807, 2.05) is 49.4 Å². The number of carbonyl (C=O) groups excluding carboxylic acids is 1. The van der Waals surface area contributed by atoms with E-state index in [1.54, 1.807) is 12.0 Å². The molecule has 0 fully saturated rings. The molecule has 4 rings (SSSR count). The Bertz CT molecular complexity index is 1050. The molecular formula is C24H27ClN2O4. The first-order valence-electron chi connectivity index (χ1n) is 10.6. The molecule has 164 valence electrons. The fourth-order valence-electron chi connectivity index (χ4n) is 4.07. The van der Waals surface area contributed by atoms with Crippen molar-refractivity contribution in [1.29, 1.82) is 0 Å². The zero-order valence-electron chi connectivity index (χ0n) is 17.8. The van der Waals surface area contributed by atoms with Gasteiger partial charge in [-0.05, 0) is 54.3 Å². The van der Waals surface area contributed by atoms with Crippen molar-refractivity contribution < 1.29 is 19.0 Å². The highest BCUT2D eigenvalue weighted by Gasteiger charge is 2.35. The molecule has 1 aromatic heterocycles. The molecule has 0 aliphatic carbocycles. The molecule has 0 radical (unpaired) electrons. The van der Waals surface area contributed by atoms with Gasteiger partial charge in [-0.1, -0.05) is 30.7 Å². The van der Waals surface area contributed by atoms with Gasteiger partial charge in [-0.2, -0.15) is 0 Å². The number of amides is 1. The van der Waals surface area contributed by atoms with Crippen LogP contribution in [-0.2, 0) is 15.9 Å². The van der Waals surface area contributed by atoms with E-state index in [1.165, 1.54) is 5.56 Å². The highest BCUT2D eigenvalue weighted by Crippen LogP contribution is 2.39. The maximum Gasteiger partial charge on any atom is 0.410 e. The van der Waals surface area contributed by atoms with Crippen LogP contribution in [0.4, 0.5) is 4.79 Å². The number of benzene rings is 2. The minimum Gasteiger partial charge on any atom is -0.491 e. The van der Waals surface area contributed by atoms with Crippen LogP contribution in [0, 0.1) is 0 Å². The maximum atomic E-state index is 12.9. The van der Waals surface area contributed by atoms with E-state index in [-0.39, 0.29) is 12.1 Å². The summed E-state index contributed by atoms with van der Waals surface area (Å²) < 4.78 is 16.2. The number of rotatable bonds is 7. The van der Waals surface area contributed by atoms with E-state index in [0.717, 1.165) is 40.8 Å². The first kappa shape index (κ1) is 21.5. The molecule has 2 aromatic carbocycles. The van der Waals surface area contributed by atoms with E-state index >= 15 is 0 Å². The molecule has 1 unspecified atom stereocenters. The Morgan fingerprint density at radius 2 is 1.97 bits per heavy atom. The van der Waals surface area contributed by atoms with Gasteiger partial charge in [0.05, 0.1) is 13.2 Å². The monoisotopic (exact) mass is 442 g/mol. The van der Waals surface area contributed by atoms with Gasteiger partial charge in [-0.3, -0.25) is 4.90 Å². The molecule has 1 amide bonds. The van der Waals surface area contributed by atoms with Crippen molar-refractivity contribution in [2.45, 2.75) is 25.8 Å². The van der Waals surface area contributed by atoms with Crippen molar-refractivity contribution >= 4 is 28.6 Å². The number of carbonyl (C=O) groups is 1. The van der Waals surface area contributed by atoms with Crippen LogP contribution in [0.25, 0.3) is 10.9 Å². The number of fused-ring (bicyclic) bond motifs is 3. The summed E-state index contributed by atoms with van der Waals surface area (Å²) in [7, 11) is 1.65. The largest absolute Gasteiger partial charge is 0.491 e. The molecule has 0 spiro atoms. The number of halogens is 1. The Balaban J connectivity index is 1.71. The second-order valence-electron chi connectivity index (χ2n) is 7.58. The molecule has 1 atom stereocenters. The molecule has 0 bridgehead atoms. The summed E-state index contributed by atoms with van der Waals surface area (Å²) in [6, 6.07) is 13.4. The predicted octanol–water partition coefficient (Wildman–Crippen LogP) is 5.34. The Hall–Kier alpha value is -2.70. The van der Waals surface area contributed by atoms with Crippen LogP contribution in [0.15, 0.2) is 42.5 Å². The molecule has 1 aliphatic rings. The smallest absolute Gasteiger partial charge is 0.410 e. The van der Waals surface area contributed by atoms with Crippen LogP contribution in [0.3, 0.4) is 0 Å². The first-order chi connectivity index (χ1) is 15.1. The summed E-state index contributed by atoms with van der Waals surface area (Å²) >= 11 is 6.26. The van der Waals surface area contributed by atoms with Crippen LogP contribution in [0.1, 0.15) is 36.2 Å². The van der Waals surface area contributed by atoms with E-state index in [4.69, 9.17) is 25.8 Å². The van der Waals surface area contributed by atoms with Crippen molar-refractivity contribution in [2.75, 3.05) is 33.5 Å². The number of nitrogens with one attached hydrogen (secondary N) is 1.